The minimum atomic E-state index is 0.469. The largest absolute Gasteiger partial charge is 0.333 e. The number of rotatable bonds is 3. The Labute approximate surface area is 125 Å². The number of aryl methyl sites for hydroxylation is 1. The molecule has 112 valence electrons. The highest BCUT2D eigenvalue weighted by Crippen LogP contribution is 2.35. The van der Waals surface area contributed by atoms with Crippen molar-refractivity contribution in [3.63, 3.8) is 0 Å². The highest BCUT2D eigenvalue weighted by atomic mass is 15.3. The quantitative estimate of drug-likeness (QED) is 0.942. The van der Waals surface area contributed by atoms with Gasteiger partial charge < -0.3 is 9.88 Å². The molecule has 2 aliphatic rings. The van der Waals surface area contributed by atoms with Gasteiger partial charge in [-0.2, -0.15) is 5.10 Å². The van der Waals surface area contributed by atoms with Gasteiger partial charge in [0.2, 0.25) is 0 Å². The van der Waals surface area contributed by atoms with E-state index in [2.05, 4.69) is 39.4 Å². The molecule has 2 aromatic heterocycles. The summed E-state index contributed by atoms with van der Waals surface area (Å²) in [4.78, 5) is 4.21. The van der Waals surface area contributed by atoms with E-state index < -0.39 is 0 Å². The molecule has 5 nitrogen and oxygen atoms in total. The Bertz CT molecular complexity index is 600. The monoisotopic (exact) mass is 285 g/mol. The fourth-order valence-corrected chi connectivity index (χ4v) is 4.10. The standard InChI is InChI=1S/C16H23N5/c1-20-15-6-2-4-13(12(15)10-18-20)19-14-5-3-7-16(14)21-9-8-17-11-21/h8-11,13-14,16,19H,2-7H2,1H3. The molecule has 2 aromatic rings. The van der Waals surface area contributed by atoms with Gasteiger partial charge >= 0.3 is 0 Å². The van der Waals surface area contributed by atoms with Gasteiger partial charge in [-0.1, -0.05) is 0 Å². The molecule has 5 heteroatoms. The van der Waals surface area contributed by atoms with E-state index in [-0.39, 0.29) is 0 Å². The van der Waals surface area contributed by atoms with E-state index in [0.717, 1.165) is 0 Å². The number of nitrogens with one attached hydrogen (secondary N) is 1. The highest BCUT2D eigenvalue weighted by Gasteiger charge is 2.32. The zero-order chi connectivity index (χ0) is 14.2. The van der Waals surface area contributed by atoms with Crippen LogP contribution in [0.5, 0.6) is 0 Å². The van der Waals surface area contributed by atoms with E-state index in [9.17, 15) is 0 Å². The SMILES string of the molecule is Cn1ncc2c1CCCC2NC1CCCC1n1ccnc1. The van der Waals surface area contributed by atoms with Crippen LogP contribution in [0.15, 0.2) is 24.9 Å². The second-order valence-corrected chi connectivity index (χ2v) is 6.40. The first-order valence-electron chi connectivity index (χ1n) is 8.07. The Morgan fingerprint density at radius 2 is 2.19 bits per heavy atom. The van der Waals surface area contributed by atoms with Crippen molar-refractivity contribution in [1.82, 2.24) is 24.6 Å². The molecule has 1 N–H and O–H groups in total. The Hall–Kier alpha value is -1.62. The lowest BCUT2D eigenvalue weighted by Gasteiger charge is -2.30. The third kappa shape index (κ3) is 2.29. The molecule has 2 aliphatic carbocycles. The van der Waals surface area contributed by atoms with Gasteiger partial charge in [-0.15, -0.1) is 0 Å². The Kier molecular flexibility index (Phi) is 3.30. The van der Waals surface area contributed by atoms with E-state index in [1.807, 2.05) is 17.2 Å². The van der Waals surface area contributed by atoms with Gasteiger partial charge in [0.25, 0.3) is 0 Å². The number of imidazole rings is 1. The summed E-state index contributed by atoms with van der Waals surface area (Å²) < 4.78 is 4.32. The second-order valence-electron chi connectivity index (χ2n) is 6.40. The van der Waals surface area contributed by atoms with Crippen LogP contribution in [-0.4, -0.2) is 25.4 Å². The van der Waals surface area contributed by atoms with Gasteiger partial charge in [0.1, 0.15) is 0 Å². The van der Waals surface area contributed by atoms with Crippen LogP contribution < -0.4 is 5.32 Å². The number of nitrogens with zero attached hydrogens (tertiary/aromatic N) is 4. The normalized spacial score (nSPS) is 28.7. The minimum absolute atomic E-state index is 0.469. The van der Waals surface area contributed by atoms with Gasteiger partial charge in [-0.25, -0.2) is 4.98 Å². The first-order chi connectivity index (χ1) is 10.3. The molecule has 0 aromatic carbocycles. The molecule has 4 rings (SSSR count). The molecule has 2 heterocycles. The smallest absolute Gasteiger partial charge is 0.0949 e. The lowest BCUT2D eigenvalue weighted by atomic mass is 9.92. The maximum atomic E-state index is 4.45. The number of hydrogen-bond acceptors (Lipinski definition) is 3. The van der Waals surface area contributed by atoms with Crippen LogP contribution in [0.2, 0.25) is 0 Å². The Morgan fingerprint density at radius 3 is 3.05 bits per heavy atom. The molecule has 0 bridgehead atoms. The highest BCUT2D eigenvalue weighted by molar-refractivity contribution is 5.25. The zero-order valence-corrected chi connectivity index (χ0v) is 12.6. The molecule has 1 saturated carbocycles. The summed E-state index contributed by atoms with van der Waals surface area (Å²) in [7, 11) is 2.06. The predicted octanol–water partition coefficient (Wildman–Crippen LogP) is 2.38. The minimum Gasteiger partial charge on any atom is -0.333 e. The molecule has 21 heavy (non-hydrogen) atoms. The molecular formula is C16H23N5. The molecule has 3 atom stereocenters. The van der Waals surface area contributed by atoms with Crippen LogP contribution in [0.3, 0.4) is 0 Å². The molecule has 0 radical (unpaired) electrons. The van der Waals surface area contributed by atoms with Gasteiger partial charge in [0.15, 0.2) is 0 Å². The summed E-state index contributed by atoms with van der Waals surface area (Å²) in [6.07, 6.45) is 15.5. The molecular weight excluding hydrogens is 262 g/mol. The van der Waals surface area contributed by atoms with Gasteiger partial charge in [0.05, 0.1) is 12.5 Å². The second kappa shape index (κ2) is 5.30. The van der Waals surface area contributed by atoms with Gasteiger partial charge in [0, 0.05) is 48.8 Å². The molecule has 1 fully saturated rings. The van der Waals surface area contributed by atoms with Crippen molar-refractivity contribution in [2.45, 2.75) is 56.7 Å². The Balaban J connectivity index is 1.54. The molecule has 0 amide bonds. The van der Waals surface area contributed by atoms with Gasteiger partial charge in [-0.05, 0) is 38.5 Å². The molecule has 3 unspecified atom stereocenters. The molecule has 0 spiro atoms. The lowest BCUT2D eigenvalue weighted by Crippen LogP contribution is -2.37. The summed E-state index contributed by atoms with van der Waals surface area (Å²) in [5.41, 5.74) is 2.83. The maximum absolute atomic E-state index is 4.45. The lowest BCUT2D eigenvalue weighted by molar-refractivity contribution is 0.332. The van der Waals surface area contributed by atoms with E-state index in [1.165, 1.54) is 49.8 Å². The average Bonchev–Trinajstić information content (AvgIpc) is 3.20. The van der Waals surface area contributed by atoms with Crippen molar-refractivity contribution < 1.29 is 0 Å². The maximum Gasteiger partial charge on any atom is 0.0949 e. The summed E-state index contributed by atoms with van der Waals surface area (Å²) in [5, 5.41) is 8.38. The fraction of sp³-hybridized carbons (Fsp3) is 0.625. The summed E-state index contributed by atoms with van der Waals surface area (Å²) in [5.74, 6) is 0. The van der Waals surface area contributed by atoms with Crippen molar-refractivity contribution in [2.75, 3.05) is 0 Å². The summed E-state index contributed by atoms with van der Waals surface area (Å²) in [6.45, 7) is 0. The van der Waals surface area contributed by atoms with Crippen molar-refractivity contribution in [1.29, 1.82) is 0 Å². The fourth-order valence-electron chi connectivity index (χ4n) is 4.10. The number of hydrogen-bond donors (Lipinski definition) is 1. The van der Waals surface area contributed by atoms with Crippen LogP contribution in [0.25, 0.3) is 0 Å². The molecule has 0 saturated heterocycles. The van der Waals surface area contributed by atoms with Crippen molar-refractivity contribution in [3.05, 3.63) is 36.2 Å². The summed E-state index contributed by atoms with van der Waals surface area (Å²) in [6, 6.07) is 1.57. The average molecular weight is 285 g/mol. The van der Waals surface area contributed by atoms with Crippen molar-refractivity contribution in [3.8, 4) is 0 Å². The topological polar surface area (TPSA) is 47.7 Å². The molecule has 0 aliphatic heterocycles. The van der Waals surface area contributed by atoms with Crippen LogP contribution in [0.4, 0.5) is 0 Å². The van der Waals surface area contributed by atoms with Crippen molar-refractivity contribution in [2.24, 2.45) is 7.05 Å². The van der Waals surface area contributed by atoms with E-state index >= 15 is 0 Å². The number of aromatic nitrogens is 4. The van der Waals surface area contributed by atoms with E-state index in [1.54, 1.807) is 0 Å². The van der Waals surface area contributed by atoms with Crippen molar-refractivity contribution >= 4 is 0 Å². The van der Waals surface area contributed by atoms with Crippen LogP contribution in [-0.2, 0) is 13.5 Å². The Morgan fingerprint density at radius 1 is 1.24 bits per heavy atom. The van der Waals surface area contributed by atoms with Crippen LogP contribution in [0, 0.1) is 0 Å². The van der Waals surface area contributed by atoms with Crippen LogP contribution >= 0.6 is 0 Å². The third-order valence-electron chi connectivity index (χ3n) is 5.18. The third-order valence-corrected chi connectivity index (χ3v) is 5.18. The number of fused-ring (bicyclic) bond motifs is 1. The first kappa shape index (κ1) is 13.1. The van der Waals surface area contributed by atoms with Gasteiger partial charge in [-0.3, -0.25) is 4.68 Å². The van der Waals surface area contributed by atoms with E-state index in [0.29, 0.717) is 18.1 Å². The first-order valence-corrected chi connectivity index (χ1v) is 8.07. The predicted molar refractivity (Wildman–Crippen MR) is 80.9 cm³/mol. The van der Waals surface area contributed by atoms with E-state index in [4.69, 9.17) is 0 Å². The zero-order valence-electron chi connectivity index (χ0n) is 12.6. The van der Waals surface area contributed by atoms with Crippen LogP contribution in [0.1, 0.15) is 55.4 Å². The summed E-state index contributed by atoms with van der Waals surface area (Å²) >= 11 is 0.